The smallest absolute Gasteiger partial charge is 0.124 e. The van der Waals surface area contributed by atoms with Gasteiger partial charge in [-0.15, -0.1) is 0 Å². The van der Waals surface area contributed by atoms with E-state index in [0.717, 1.165) is 16.7 Å². The quantitative estimate of drug-likeness (QED) is 0.408. The minimum absolute atomic E-state index is 0.0717. The van der Waals surface area contributed by atoms with Gasteiger partial charge in [-0.05, 0) is 38.8 Å². The molecule has 0 atom stereocenters. The lowest BCUT2D eigenvalue weighted by atomic mass is 10.0. The Hall–Kier alpha value is -1.22. The molecule has 0 aliphatic carbocycles. The summed E-state index contributed by atoms with van der Waals surface area (Å²) in [6, 6.07) is 3.96. The van der Waals surface area contributed by atoms with Crippen molar-refractivity contribution >= 4 is 0 Å². The molecule has 1 rings (SSSR count). The molecule has 0 saturated carbocycles. The molecule has 25 heavy (non-hydrogen) atoms. The topological polar surface area (TPSA) is 90.6 Å². The molecule has 7 nitrogen and oxygen atoms in total. The highest BCUT2D eigenvalue weighted by Gasteiger charge is 2.14. The minimum Gasteiger partial charge on any atom is -0.507 e. The SMILES string of the molecule is CN(CCO)Cc1cc(CN(C)CCO)c(O)c(CN(C)CCO)c1. The highest BCUT2D eigenvalue weighted by molar-refractivity contribution is 5.44. The van der Waals surface area contributed by atoms with Gasteiger partial charge < -0.3 is 20.4 Å². The van der Waals surface area contributed by atoms with Crippen molar-refractivity contribution in [1.82, 2.24) is 14.7 Å². The Bertz CT molecular complexity index is 478. The molecular weight excluding hydrogens is 322 g/mol. The van der Waals surface area contributed by atoms with Crippen LogP contribution in [0.2, 0.25) is 0 Å². The van der Waals surface area contributed by atoms with Gasteiger partial charge in [0.15, 0.2) is 0 Å². The van der Waals surface area contributed by atoms with Crippen molar-refractivity contribution < 1.29 is 20.4 Å². The first-order valence-electron chi connectivity index (χ1n) is 8.63. The largest absolute Gasteiger partial charge is 0.507 e. The number of aromatic hydroxyl groups is 1. The van der Waals surface area contributed by atoms with Crippen molar-refractivity contribution in [2.75, 3.05) is 60.6 Å². The van der Waals surface area contributed by atoms with Gasteiger partial charge in [-0.3, -0.25) is 14.7 Å². The van der Waals surface area contributed by atoms with Crippen molar-refractivity contribution in [1.29, 1.82) is 0 Å². The molecule has 0 bridgehead atoms. The van der Waals surface area contributed by atoms with Crippen LogP contribution in [0.1, 0.15) is 16.7 Å². The summed E-state index contributed by atoms with van der Waals surface area (Å²) < 4.78 is 0. The summed E-state index contributed by atoms with van der Waals surface area (Å²) in [4.78, 5) is 5.93. The maximum atomic E-state index is 10.7. The van der Waals surface area contributed by atoms with E-state index in [-0.39, 0.29) is 25.6 Å². The van der Waals surface area contributed by atoms with Crippen LogP contribution in [0.4, 0.5) is 0 Å². The van der Waals surface area contributed by atoms with E-state index in [4.69, 9.17) is 15.3 Å². The zero-order valence-corrected chi connectivity index (χ0v) is 15.6. The van der Waals surface area contributed by atoms with Gasteiger partial charge in [0, 0.05) is 50.4 Å². The molecule has 0 aliphatic heterocycles. The molecule has 0 unspecified atom stereocenters. The summed E-state index contributed by atoms with van der Waals surface area (Å²) in [6.45, 7) is 3.66. The number of rotatable bonds is 12. The average Bonchev–Trinajstić information content (AvgIpc) is 2.52. The monoisotopic (exact) mass is 355 g/mol. The lowest BCUT2D eigenvalue weighted by molar-refractivity contribution is 0.212. The molecule has 0 amide bonds. The fraction of sp³-hybridized carbons (Fsp3) is 0.667. The predicted octanol–water partition coefficient (Wildman–Crippen LogP) is -0.335. The van der Waals surface area contributed by atoms with Crippen LogP contribution in [0.15, 0.2) is 12.1 Å². The molecule has 1 aromatic rings. The molecule has 0 aliphatic rings. The Kier molecular flexibility index (Phi) is 9.96. The number of likely N-dealkylation sites (N-methyl/N-ethyl adjacent to an activating group) is 3. The molecule has 4 N–H and O–H groups in total. The highest BCUT2D eigenvalue weighted by Crippen LogP contribution is 2.27. The van der Waals surface area contributed by atoms with Crippen molar-refractivity contribution in [3.63, 3.8) is 0 Å². The molecule has 0 saturated heterocycles. The van der Waals surface area contributed by atoms with Crippen LogP contribution in [0.5, 0.6) is 5.75 Å². The summed E-state index contributed by atoms with van der Waals surface area (Å²) in [7, 11) is 5.74. The van der Waals surface area contributed by atoms with Gasteiger partial charge in [0.2, 0.25) is 0 Å². The first kappa shape index (κ1) is 21.8. The van der Waals surface area contributed by atoms with E-state index in [1.807, 2.05) is 48.0 Å². The second kappa shape index (κ2) is 11.4. The average molecular weight is 355 g/mol. The van der Waals surface area contributed by atoms with Crippen molar-refractivity contribution in [3.05, 3.63) is 28.8 Å². The lowest BCUT2D eigenvalue weighted by Crippen LogP contribution is -2.24. The van der Waals surface area contributed by atoms with Gasteiger partial charge in [-0.2, -0.15) is 0 Å². The molecule has 0 heterocycles. The molecule has 7 heteroatoms. The van der Waals surface area contributed by atoms with E-state index in [1.165, 1.54) is 0 Å². The maximum Gasteiger partial charge on any atom is 0.124 e. The zero-order chi connectivity index (χ0) is 18.8. The van der Waals surface area contributed by atoms with Crippen LogP contribution in [-0.4, -0.2) is 95.7 Å². The van der Waals surface area contributed by atoms with Gasteiger partial charge in [0.1, 0.15) is 5.75 Å². The standard InChI is InChI=1S/C18H33N3O4/c1-19(4-7-22)12-15-10-16(13-20(2)5-8-23)18(25)17(11-15)14-21(3)6-9-24/h10-11,22-25H,4-9,12-14H2,1-3H3. The van der Waals surface area contributed by atoms with Gasteiger partial charge in [-0.1, -0.05) is 0 Å². The van der Waals surface area contributed by atoms with Crippen LogP contribution in [0.3, 0.4) is 0 Å². The summed E-state index contributed by atoms with van der Waals surface area (Å²) in [6.07, 6.45) is 0. The number of hydrogen-bond acceptors (Lipinski definition) is 7. The Morgan fingerprint density at radius 3 is 1.40 bits per heavy atom. The highest BCUT2D eigenvalue weighted by atomic mass is 16.3. The van der Waals surface area contributed by atoms with Gasteiger partial charge in [0.05, 0.1) is 19.8 Å². The number of phenols is 1. The molecule has 144 valence electrons. The first-order chi connectivity index (χ1) is 11.9. The lowest BCUT2D eigenvalue weighted by Gasteiger charge is -2.23. The normalized spacial score (nSPS) is 11.9. The Balaban J connectivity index is 3.06. The van der Waals surface area contributed by atoms with E-state index in [1.54, 1.807) is 0 Å². The summed E-state index contributed by atoms with van der Waals surface area (Å²) in [5, 5.41) is 37.9. The van der Waals surface area contributed by atoms with Gasteiger partial charge >= 0.3 is 0 Å². The third-order valence-corrected chi connectivity index (χ3v) is 4.11. The number of hydrogen-bond donors (Lipinski definition) is 4. The third-order valence-electron chi connectivity index (χ3n) is 4.11. The van der Waals surface area contributed by atoms with E-state index in [9.17, 15) is 5.11 Å². The van der Waals surface area contributed by atoms with Crippen LogP contribution < -0.4 is 0 Å². The fourth-order valence-corrected chi connectivity index (χ4v) is 2.81. The Labute approximate surface area is 150 Å². The van der Waals surface area contributed by atoms with Gasteiger partial charge in [0.25, 0.3) is 0 Å². The van der Waals surface area contributed by atoms with E-state index >= 15 is 0 Å². The summed E-state index contributed by atoms with van der Waals surface area (Å²) in [5.74, 6) is 0.267. The van der Waals surface area contributed by atoms with Crippen molar-refractivity contribution in [3.8, 4) is 5.75 Å². The van der Waals surface area contributed by atoms with Gasteiger partial charge in [-0.25, -0.2) is 0 Å². The first-order valence-corrected chi connectivity index (χ1v) is 8.63. The van der Waals surface area contributed by atoms with Crippen molar-refractivity contribution in [2.45, 2.75) is 19.6 Å². The van der Waals surface area contributed by atoms with Crippen LogP contribution in [0.25, 0.3) is 0 Å². The minimum atomic E-state index is 0.0717. The van der Waals surface area contributed by atoms with Crippen molar-refractivity contribution in [2.24, 2.45) is 0 Å². The number of phenolic OH excluding ortho intramolecular Hbond substituents is 1. The zero-order valence-electron chi connectivity index (χ0n) is 15.6. The number of nitrogens with zero attached hydrogens (tertiary/aromatic N) is 3. The van der Waals surface area contributed by atoms with Crippen LogP contribution in [-0.2, 0) is 19.6 Å². The van der Waals surface area contributed by atoms with E-state index in [0.29, 0.717) is 39.3 Å². The Morgan fingerprint density at radius 2 is 1.04 bits per heavy atom. The molecular formula is C18H33N3O4. The molecule has 0 fully saturated rings. The summed E-state index contributed by atoms with van der Waals surface area (Å²) >= 11 is 0. The Morgan fingerprint density at radius 1 is 0.680 bits per heavy atom. The van der Waals surface area contributed by atoms with E-state index in [2.05, 4.69) is 0 Å². The maximum absolute atomic E-state index is 10.7. The fourth-order valence-electron chi connectivity index (χ4n) is 2.81. The van der Waals surface area contributed by atoms with E-state index < -0.39 is 0 Å². The number of aliphatic hydroxyl groups is 3. The molecule has 0 aromatic heterocycles. The second-order valence-corrected chi connectivity index (χ2v) is 6.65. The molecule has 1 aromatic carbocycles. The molecule has 0 spiro atoms. The predicted molar refractivity (Wildman–Crippen MR) is 98.4 cm³/mol. The second-order valence-electron chi connectivity index (χ2n) is 6.65. The number of benzene rings is 1. The number of aliphatic hydroxyl groups excluding tert-OH is 3. The summed E-state index contributed by atoms with van der Waals surface area (Å²) in [5.41, 5.74) is 2.70. The van der Waals surface area contributed by atoms with Crippen LogP contribution in [0, 0.1) is 0 Å². The third kappa shape index (κ3) is 7.68. The van der Waals surface area contributed by atoms with Crippen LogP contribution >= 0.6 is 0 Å². The molecule has 0 radical (unpaired) electrons.